The summed E-state index contributed by atoms with van der Waals surface area (Å²) >= 11 is 1.14. The molecule has 8 heteroatoms. The van der Waals surface area contributed by atoms with E-state index in [4.69, 9.17) is 4.74 Å². The van der Waals surface area contributed by atoms with Crippen LogP contribution in [-0.2, 0) is 10.0 Å². The van der Waals surface area contributed by atoms with Crippen molar-refractivity contribution in [1.82, 2.24) is 5.32 Å². The Morgan fingerprint density at radius 3 is 2.38 bits per heavy atom. The number of hydrogen-bond donors (Lipinski definition) is 2. The van der Waals surface area contributed by atoms with Gasteiger partial charge in [-0.15, -0.1) is 11.3 Å². The van der Waals surface area contributed by atoms with E-state index in [9.17, 15) is 13.2 Å². The van der Waals surface area contributed by atoms with Crippen LogP contribution in [0.1, 0.15) is 22.8 Å². The molecule has 0 aliphatic heterocycles. The van der Waals surface area contributed by atoms with E-state index in [0.29, 0.717) is 17.9 Å². The van der Waals surface area contributed by atoms with Crippen molar-refractivity contribution in [3.05, 3.63) is 77.2 Å². The molecule has 0 spiro atoms. The highest BCUT2D eigenvalue weighted by molar-refractivity contribution is 7.94. The molecule has 1 aromatic heterocycles. The maximum Gasteiger partial charge on any atom is 0.271 e. The molecule has 152 valence electrons. The van der Waals surface area contributed by atoms with E-state index in [-0.39, 0.29) is 16.2 Å². The fraction of sp³-hybridized carbons (Fsp3) is 0.190. The van der Waals surface area contributed by atoms with Crippen LogP contribution < -0.4 is 14.8 Å². The van der Waals surface area contributed by atoms with Crippen molar-refractivity contribution in [2.75, 3.05) is 11.3 Å². The molecule has 2 N–H and O–H groups in total. The quantitative estimate of drug-likeness (QED) is 0.565. The Balaban J connectivity index is 1.53. The largest absolute Gasteiger partial charge is 0.491 e. The van der Waals surface area contributed by atoms with Crippen LogP contribution >= 0.6 is 11.3 Å². The SMILES string of the molecule is Cc1ccc(OCC(C)NC(=O)c2ccc(NS(=O)(=O)c3cccs3)cc2)cc1. The molecule has 1 unspecified atom stereocenters. The molecule has 0 bridgehead atoms. The zero-order chi connectivity index (χ0) is 20.9. The van der Waals surface area contributed by atoms with Crippen LogP contribution in [0.5, 0.6) is 5.75 Å². The van der Waals surface area contributed by atoms with Crippen LogP contribution in [0.25, 0.3) is 0 Å². The third-order valence-corrected chi connectivity index (χ3v) is 6.84. The average molecular weight is 431 g/mol. The summed E-state index contributed by atoms with van der Waals surface area (Å²) in [4.78, 5) is 12.4. The summed E-state index contributed by atoms with van der Waals surface area (Å²) in [7, 11) is -3.61. The number of amides is 1. The first-order chi connectivity index (χ1) is 13.8. The van der Waals surface area contributed by atoms with Gasteiger partial charge < -0.3 is 10.1 Å². The number of benzene rings is 2. The van der Waals surface area contributed by atoms with E-state index in [1.165, 1.54) is 6.07 Å². The van der Waals surface area contributed by atoms with Crippen LogP contribution in [0.4, 0.5) is 5.69 Å². The van der Waals surface area contributed by atoms with Gasteiger partial charge in [0.25, 0.3) is 15.9 Å². The molecular weight excluding hydrogens is 408 g/mol. The first-order valence-corrected chi connectivity index (χ1v) is 11.4. The molecule has 2 aromatic carbocycles. The second kappa shape index (κ2) is 9.11. The lowest BCUT2D eigenvalue weighted by atomic mass is 10.2. The third kappa shape index (κ3) is 5.82. The van der Waals surface area contributed by atoms with Crippen LogP contribution in [-0.4, -0.2) is 27.0 Å². The van der Waals surface area contributed by atoms with Crippen LogP contribution in [0, 0.1) is 6.92 Å². The van der Waals surface area contributed by atoms with Crippen molar-refractivity contribution in [3.8, 4) is 5.75 Å². The molecule has 0 radical (unpaired) electrons. The van der Waals surface area contributed by atoms with Gasteiger partial charge in [-0.3, -0.25) is 9.52 Å². The Labute approximate surface area is 174 Å². The highest BCUT2D eigenvalue weighted by Gasteiger charge is 2.16. The monoisotopic (exact) mass is 430 g/mol. The lowest BCUT2D eigenvalue weighted by molar-refractivity contribution is 0.0926. The van der Waals surface area contributed by atoms with E-state index in [0.717, 1.165) is 22.6 Å². The van der Waals surface area contributed by atoms with Crippen molar-refractivity contribution in [2.24, 2.45) is 0 Å². The molecule has 29 heavy (non-hydrogen) atoms. The van der Waals surface area contributed by atoms with Gasteiger partial charge in [-0.25, -0.2) is 8.42 Å². The normalized spacial score (nSPS) is 12.2. The molecule has 1 amide bonds. The fourth-order valence-corrected chi connectivity index (χ4v) is 4.57. The van der Waals surface area contributed by atoms with Crippen molar-refractivity contribution < 1.29 is 17.9 Å². The predicted molar refractivity (Wildman–Crippen MR) is 115 cm³/mol. The number of anilines is 1. The minimum atomic E-state index is -3.61. The summed E-state index contributed by atoms with van der Waals surface area (Å²) in [5.74, 6) is 0.497. The van der Waals surface area contributed by atoms with Crippen molar-refractivity contribution in [1.29, 1.82) is 0 Å². The molecule has 0 fully saturated rings. The van der Waals surface area contributed by atoms with E-state index >= 15 is 0 Å². The van der Waals surface area contributed by atoms with Gasteiger partial charge >= 0.3 is 0 Å². The number of aryl methyl sites for hydroxylation is 1. The third-order valence-electron chi connectivity index (χ3n) is 4.06. The number of hydrogen-bond acceptors (Lipinski definition) is 5. The molecule has 1 atom stereocenters. The number of thiophene rings is 1. The van der Waals surface area contributed by atoms with Gasteiger partial charge in [-0.1, -0.05) is 23.8 Å². The average Bonchev–Trinajstić information content (AvgIpc) is 3.24. The summed E-state index contributed by atoms with van der Waals surface area (Å²) in [5, 5.41) is 4.57. The highest BCUT2D eigenvalue weighted by atomic mass is 32.2. The lowest BCUT2D eigenvalue weighted by Crippen LogP contribution is -2.36. The maximum absolute atomic E-state index is 12.4. The summed E-state index contributed by atoms with van der Waals surface area (Å²) < 4.78 is 32.9. The molecule has 0 saturated heterocycles. The molecular formula is C21H22N2O4S2. The molecule has 6 nitrogen and oxygen atoms in total. The molecule has 0 saturated carbocycles. The number of nitrogens with one attached hydrogen (secondary N) is 2. The van der Waals surface area contributed by atoms with Gasteiger partial charge in [-0.2, -0.15) is 0 Å². The Hall–Kier alpha value is -2.84. The van der Waals surface area contributed by atoms with Gasteiger partial charge in [0.05, 0.1) is 6.04 Å². The van der Waals surface area contributed by atoms with Gasteiger partial charge in [0.1, 0.15) is 16.6 Å². The maximum atomic E-state index is 12.4. The number of carbonyl (C=O) groups is 1. The molecule has 3 aromatic rings. The molecule has 3 rings (SSSR count). The van der Waals surface area contributed by atoms with E-state index < -0.39 is 10.0 Å². The van der Waals surface area contributed by atoms with Crippen LogP contribution in [0.2, 0.25) is 0 Å². The van der Waals surface area contributed by atoms with Crippen LogP contribution in [0.3, 0.4) is 0 Å². The van der Waals surface area contributed by atoms with E-state index in [1.54, 1.807) is 35.7 Å². The Morgan fingerprint density at radius 2 is 1.76 bits per heavy atom. The number of ether oxygens (including phenoxy) is 1. The summed E-state index contributed by atoms with van der Waals surface area (Å²) in [6.45, 7) is 4.20. The van der Waals surface area contributed by atoms with Gasteiger partial charge in [-0.05, 0) is 61.7 Å². The first-order valence-electron chi connectivity index (χ1n) is 9.00. The number of carbonyl (C=O) groups excluding carboxylic acids is 1. The smallest absolute Gasteiger partial charge is 0.271 e. The van der Waals surface area contributed by atoms with Gasteiger partial charge in [0.15, 0.2) is 0 Å². The lowest BCUT2D eigenvalue weighted by Gasteiger charge is -2.15. The molecule has 1 heterocycles. The van der Waals surface area contributed by atoms with Gasteiger partial charge in [0, 0.05) is 11.3 Å². The Bertz CT molecular complexity index is 1050. The summed E-state index contributed by atoms with van der Waals surface area (Å²) in [5.41, 5.74) is 1.98. The van der Waals surface area contributed by atoms with Crippen molar-refractivity contribution >= 4 is 33.0 Å². The number of sulfonamides is 1. The second-order valence-electron chi connectivity index (χ2n) is 6.61. The Kier molecular flexibility index (Phi) is 6.56. The first kappa shape index (κ1) is 20.9. The minimum Gasteiger partial charge on any atom is -0.491 e. The summed E-state index contributed by atoms with van der Waals surface area (Å²) in [6, 6.07) is 17.0. The zero-order valence-electron chi connectivity index (χ0n) is 16.1. The predicted octanol–water partition coefficient (Wildman–Crippen LogP) is 4.05. The molecule has 0 aliphatic rings. The van der Waals surface area contributed by atoms with Gasteiger partial charge in [0.2, 0.25) is 0 Å². The number of rotatable bonds is 8. The van der Waals surface area contributed by atoms with E-state index in [1.807, 2.05) is 38.1 Å². The second-order valence-corrected chi connectivity index (χ2v) is 9.47. The van der Waals surface area contributed by atoms with E-state index in [2.05, 4.69) is 10.0 Å². The fourth-order valence-electron chi connectivity index (χ4n) is 2.52. The zero-order valence-corrected chi connectivity index (χ0v) is 17.7. The van der Waals surface area contributed by atoms with Crippen molar-refractivity contribution in [3.63, 3.8) is 0 Å². The van der Waals surface area contributed by atoms with Crippen molar-refractivity contribution in [2.45, 2.75) is 24.1 Å². The Morgan fingerprint density at radius 1 is 1.07 bits per heavy atom. The summed E-state index contributed by atoms with van der Waals surface area (Å²) in [6.07, 6.45) is 0. The highest BCUT2D eigenvalue weighted by Crippen LogP contribution is 2.20. The standard InChI is InChI=1S/C21H22N2O4S2/c1-15-5-11-19(12-6-15)27-14-16(2)22-21(24)17-7-9-18(10-8-17)23-29(25,26)20-4-3-13-28-20/h3-13,16,23H,14H2,1-2H3,(H,22,24). The minimum absolute atomic E-state index is 0.194. The molecule has 0 aliphatic carbocycles. The van der Waals surface area contributed by atoms with Crippen LogP contribution in [0.15, 0.2) is 70.3 Å². The topological polar surface area (TPSA) is 84.5 Å².